The van der Waals surface area contributed by atoms with E-state index in [1.165, 1.54) is 47.9 Å². The third-order valence-electron chi connectivity index (χ3n) is 8.30. The molecule has 4 aromatic rings. The second-order valence-corrected chi connectivity index (χ2v) is 12.0. The van der Waals surface area contributed by atoms with Gasteiger partial charge in [0.05, 0.1) is 28.4 Å². The monoisotopic (exact) mass is 654 g/mol. The van der Waals surface area contributed by atoms with E-state index >= 15 is 0 Å². The van der Waals surface area contributed by atoms with Crippen molar-refractivity contribution in [1.82, 2.24) is 21.3 Å². The number of hydrogen-bond donors (Lipinski definition) is 4. The maximum atomic E-state index is 5.37. The van der Waals surface area contributed by atoms with Crippen molar-refractivity contribution in [2.24, 2.45) is 0 Å². The van der Waals surface area contributed by atoms with Crippen LogP contribution in [0.5, 0.6) is 23.0 Å². The zero-order valence-electron chi connectivity index (χ0n) is 29.2. The summed E-state index contributed by atoms with van der Waals surface area (Å²) in [6.45, 7) is 7.06. The fraction of sp³-hybridized carbons (Fsp3) is 0.400. The molecule has 0 aliphatic heterocycles. The smallest absolute Gasteiger partial charge is 0.122 e. The highest BCUT2D eigenvalue weighted by molar-refractivity contribution is 5.39. The van der Waals surface area contributed by atoms with E-state index in [4.69, 9.17) is 18.9 Å². The van der Waals surface area contributed by atoms with Crippen LogP contribution in [0.3, 0.4) is 0 Å². The maximum Gasteiger partial charge on any atom is 0.122 e. The minimum Gasteiger partial charge on any atom is -0.497 e. The van der Waals surface area contributed by atoms with Crippen LogP contribution in [0.1, 0.15) is 59.1 Å². The summed E-state index contributed by atoms with van der Waals surface area (Å²) in [6, 6.07) is 29.6. The molecule has 0 bridgehead atoms. The number of unbranched alkanes of at least 4 members (excludes halogenated alkanes) is 3. The number of hydrogen-bond acceptors (Lipinski definition) is 8. The quantitative estimate of drug-likeness (QED) is 0.0655. The van der Waals surface area contributed by atoms with Crippen molar-refractivity contribution in [2.75, 3.05) is 41.5 Å². The second-order valence-electron chi connectivity index (χ2n) is 12.0. The summed E-state index contributed by atoms with van der Waals surface area (Å²) >= 11 is 0. The van der Waals surface area contributed by atoms with Gasteiger partial charge in [0.2, 0.25) is 0 Å². The van der Waals surface area contributed by atoms with Crippen molar-refractivity contribution in [3.05, 3.63) is 118 Å². The van der Waals surface area contributed by atoms with E-state index < -0.39 is 0 Å². The van der Waals surface area contributed by atoms with E-state index in [1.54, 1.807) is 28.4 Å². The first-order valence-corrected chi connectivity index (χ1v) is 17.0. The maximum absolute atomic E-state index is 5.37. The highest BCUT2D eigenvalue weighted by atomic mass is 16.5. The number of methoxy groups -OCH3 is 4. The summed E-state index contributed by atoms with van der Waals surface area (Å²) in [5, 5.41) is 14.2. The summed E-state index contributed by atoms with van der Waals surface area (Å²) < 4.78 is 21.5. The van der Waals surface area contributed by atoms with E-state index in [0.717, 1.165) is 86.5 Å². The molecule has 8 nitrogen and oxygen atoms in total. The Morgan fingerprint density at radius 3 is 0.896 bits per heavy atom. The lowest BCUT2D eigenvalue weighted by Gasteiger charge is -2.10. The molecule has 4 aromatic carbocycles. The van der Waals surface area contributed by atoms with Crippen molar-refractivity contribution in [3.8, 4) is 23.0 Å². The van der Waals surface area contributed by atoms with E-state index in [-0.39, 0.29) is 0 Å². The van der Waals surface area contributed by atoms with Gasteiger partial charge >= 0.3 is 0 Å². The van der Waals surface area contributed by atoms with Gasteiger partial charge in [0.25, 0.3) is 0 Å². The molecule has 0 fully saturated rings. The zero-order valence-corrected chi connectivity index (χ0v) is 29.2. The average molecular weight is 655 g/mol. The molecule has 0 spiro atoms. The van der Waals surface area contributed by atoms with Gasteiger partial charge in [-0.2, -0.15) is 0 Å². The van der Waals surface area contributed by atoms with Gasteiger partial charge in [-0.05, 0) is 83.6 Å². The van der Waals surface area contributed by atoms with Crippen molar-refractivity contribution < 1.29 is 18.9 Å². The molecule has 0 aromatic heterocycles. The van der Waals surface area contributed by atoms with E-state index in [2.05, 4.69) is 69.8 Å². The largest absolute Gasteiger partial charge is 0.497 e. The highest BCUT2D eigenvalue weighted by Gasteiger charge is 2.04. The Kier molecular flexibility index (Phi) is 16.1. The van der Waals surface area contributed by atoms with E-state index in [0.29, 0.717) is 0 Å². The highest BCUT2D eigenvalue weighted by Crippen LogP contribution is 2.23. The molecule has 4 N–H and O–H groups in total. The Hall–Kier alpha value is -4.08. The standard InChI is InChI=1S/C40H54N4O4/c1-45-37-19-35(20-38(23-37)46-2)29-43-27-33-13-9-31(10-14-33)25-41-17-7-5-6-8-18-42-26-32-11-15-34(16-12-32)28-44-30-36-21-39(47-3)24-40(22-36)48-4/h9-16,19-24,41-44H,5-8,17-18,25-30H2,1-4H3. The Balaban J connectivity index is 0.989. The van der Waals surface area contributed by atoms with Gasteiger partial charge in [0.15, 0.2) is 0 Å². The molecule has 0 atom stereocenters. The third-order valence-corrected chi connectivity index (χ3v) is 8.30. The van der Waals surface area contributed by atoms with Gasteiger partial charge in [-0.1, -0.05) is 61.4 Å². The Labute approximate surface area is 287 Å². The number of rotatable bonds is 23. The first-order valence-electron chi connectivity index (χ1n) is 17.0. The van der Waals surface area contributed by atoms with Crippen LogP contribution in [0.4, 0.5) is 0 Å². The third kappa shape index (κ3) is 13.2. The van der Waals surface area contributed by atoms with Crippen LogP contribution in [0.15, 0.2) is 84.9 Å². The lowest BCUT2D eigenvalue weighted by molar-refractivity contribution is 0.393. The molecule has 0 saturated heterocycles. The minimum absolute atomic E-state index is 0.754. The first kappa shape index (κ1) is 36.8. The predicted octanol–water partition coefficient (Wildman–Crippen LogP) is 6.74. The Morgan fingerprint density at radius 1 is 0.333 bits per heavy atom. The van der Waals surface area contributed by atoms with E-state index in [1.807, 2.05) is 36.4 Å². The van der Waals surface area contributed by atoms with Crippen molar-refractivity contribution in [3.63, 3.8) is 0 Å². The van der Waals surface area contributed by atoms with Gasteiger partial charge in [-0.25, -0.2) is 0 Å². The topological polar surface area (TPSA) is 85.0 Å². The zero-order chi connectivity index (χ0) is 33.8. The molecular formula is C40H54N4O4. The van der Waals surface area contributed by atoms with Gasteiger partial charge in [0.1, 0.15) is 23.0 Å². The van der Waals surface area contributed by atoms with Crippen molar-refractivity contribution in [2.45, 2.75) is 65.0 Å². The fourth-order valence-electron chi connectivity index (χ4n) is 5.51. The van der Waals surface area contributed by atoms with Gasteiger partial charge in [-0.3, -0.25) is 0 Å². The molecule has 0 aliphatic rings. The SMILES string of the molecule is COc1cc(CNCc2ccc(CNCCCCCCNCc3ccc(CNCc4cc(OC)cc(OC)c4)cc3)cc2)cc(OC)c1. The predicted molar refractivity (Wildman–Crippen MR) is 195 cm³/mol. The van der Waals surface area contributed by atoms with Gasteiger partial charge < -0.3 is 40.2 Å². The molecule has 0 unspecified atom stereocenters. The lowest BCUT2D eigenvalue weighted by Crippen LogP contribution is -2.16. The molecule has 0 heterocycles. The summed E-state index contributed by atoms with van der Waals surface area (Å²) in [5.41, 5.74) is 7.46. The number of benzene rings is 4. The molecule has 0 radical (unpaired) electrons. The van der Waals surface area contributed by atoms with Crippen LogP contribution >= 0.6 is 0 Å². The molecule has 4 rings (SSSR count). The molecule has 48 heavy (non-hydrogen) atoms. The molecule has 0 amide bonds. The van der Waals surface area contributed by atoms with E-state index in [9.17, 15) is 0 Å². The normalized spacial score (nSPS) is 11.0. The van der Waals surface area contributed by atoms with Crippen LogP contribution in [-0.4, -0.2) is 41.5 Å². The fourth-order valence-corrected chi connectivity index (χ4v) is 5.51. The summed E-state index contributed by atoms with van der Waals surface area (Å²) in [4.78, 5) is 0. The van der Waals surface area contributed by atoms with Crippen LogP contribution in [-0.2, 0) is 39.3 Å². The summed E-state index contributed by atoms with van der Waals surface area (Å²) in [5.74, 6) is 3.23. The van der Waals surface area contributed by atoms with Crippen molar-refractivity contribution >= 4 is 0 Å². The minimum atomic E-state index is 0.754. The van der Waals surface area contributed by atoms with Crippen LogP contribution in [0.25, 0.3) is 0 Å². The lowest BCUT2D eigenvalue weighted by atomic mass is 10.1. The van der Waals surface area contributed by atoms with Gasteiger partial charge in [-0.15, -0.1) is 0 Å². The summed E-state index contributed by atoms with van der Waals surface area (Å²) in [6.07, 6.45) is 4.92. The van der Waals surface area contributed by atoms with Crippen LogP contribution < -0.4 is 40.2 Å². The average Bonchev–Trinajstić information content (AvgIpc) is 3.13. The second kappa shape index (κ2) is 21.0. The van der Waals surface area contributed by atoms with Crippen LogP contribution in [0.2, 0.25) is 0 Å². The Morgan fingerprint density at radius 2 is 0.604 bits per heavy atom. The molecule has 0 aliphatic carbocycles. The molecular weight excluding hydrogens is 600 g/mol. The van der Waals surface area contributed by atoms with Crippen LogP contribution in [0, 0.1) is 0 Å². The molecule has 258 valence electrons. The molecule has 8 heteroatoms. The summed E-state index contributed by atoms with van der Waals surface area (Å²) in [7, 11) is 6.70. The Bertz CT molecular complexity index is 1320. The van der Waals surface area contributed by atoms with Gasteiger partial charge in [0, 0.05) is 51.4 Å². The van der Waals surface area contributed by atoms with Crippen molar-refractivity contribution in [1.29, 1.82) is 0 Å². The molecule has 0 saturated carbocycles. The number of ether oxygens (including phenoxy) is 4. The number of nitrogens with one attached hydrogen (secondary N) is 4. The first-order chi connectivity index (χ1) is 23.6.